The van der Waals surface area contributed by atoms with Gasteiger partial charge in [-0.05, 0) is 91.8 Å². The van der Waals surface area contributed by atoms with Gasteiger partial charge in [-0.3, -0.25) is 9.59 Å². The molecule has 7 rings (SSSR count). The van der Waals surface area contributed by atoms with Crippen LogP contribution in [0.5, 0.6) is 11.5 Å². The normalized spacial score (nSPS) is 15.5. The average molecular weight is 742 g/mol. The average Bonchev–Trinajstić information content (AvgIpc) is 3.51. The summed E-state index contributed by atoms with van der Waals surface area (Å²) in [5.74, 6) is -18.0. The van der Waals surface area contributed by atoms with E-state index in [1.54, 1.807) is 13.8 Å². The number of fused-ring (bicyclic) bond motifs is 6. The molecule has 0 radical (unpaired) electrons. The monoisotopic (exact) mass is 741 g/mol. The van der Waals surface area contributed by atoms with Crippen LogP contribution in [-0.4, -0.2) is 43.9 Å². The number of ether oxygens (including phenoxy) is 2. The second-order valence-corrected chi connectivity index (χ2v) is 11.7. The number of amides is 1. The molecule has 0 N–H and O–H groups in total. The summed E-state index contributed by atoms with van der Waals surface area (Å²) in [6.07, 6.45) is 4.64. The highest BCUT2D eigenvalue weighted by Crippen LogP contribution is 2.56. The number of carbonyl (C=O) groups is 2. The van der Waals surface area contributed by atoms with Gasteiger partial charge in [0.2, 0.25) is 6.41 Å². The number of rotatable bonds is 6. The summed E-state index contributed by atoms with van der Waals surface area (Å²) in [7, 11) is 0. The minimum absolute atomic E-state index is 0.0136. The summed E-state index contributed by atoms with van der Waals surface area (Å²) in [6.45, 7) is 5.22. The smallest absolute Gasteiger partial charge is 0.305 e. The van der Waals surface area contributed by atoms with Crippen molar-refractivity contribution in [3.63, 3.8) is 0 Å². The number of piperidine rings is 1. The molecule has 5 nitrogen and oxygen atoms in total. The molecule has 0 atom stereocenters. The fourth-order valence-electron chi connectivity index (χ4n) is 6.32. The highest BCUT2D eigenvalue weighted by atomic mass is 19.3. The number of likely N-dealkylation sites (tertiary alicyclic amines) is 1. The molecule has 1 heterocycles. The molecule has 0 unspecified atom stereocenters. The molecule has 1 saturated heterocycles. The first-order valence-electron chi connectivity index (χ1n) is 16.0. The fourth-order valence-corrected chi connectivity index (χ4v) is 6.32. The van der Waals surface area contributed by atoms with Crippen LogP contribution in [0, 0.1) is 34.9 Å². The van der Waals surface area contributed by atoms with E-state index in [1.165, 1.54) is 31.4 Å². The summed E-state index contributed by atoms with van der Waals surface area (Å²) in [6, 6.07) is 7.24. The lowest BCUT2D eigenvalue weighted by molar-refractivity contribution is -0.118. The van der Waals surface area contributed by atoms with Gasteiger partial charge in [-0.25, -0.2) is 26.3 Å². The second kappa shape index (κ2) is 14.9. The van der Waals surface area contributed by atoms with E-state index in [4.69, 9.17) is 9.47 Å². The van der Waals surface area contributed by atoms with Crippen LogP contribution in [0.15, 0.2) is 42.5 Å². The van der Waals surface area contributed by atoms with Gasteiger partial charge in [-0.1, -0.05) is 6.07 Å². The molecular weight excluding hydrogens is 712 g/mol. The predicted octanol–water partition coefficient (Wildman–Crippen LogP) is 9.69. The molecule has 0 aromatic heterocycles. The van der Waals surface area contributed by atoms with Crippen LogP contribution in [0.4, 0.5) is 43.9 Å². The molecule has 0 saturated carbocycles. The van der Waals surface area contributed by atoms with Crippen molar-refractivity contribution >= 4 is 12.7 Å². The lowest BCUT2D eigenvalue weighted by Crippen LogP contribution is -2.27. The summed E-state index contributed by atoms with van der Waals surface area (Å²) in [5, 5.41) is 0. The van der Waals surface area contributed by atoms with Crippen LogP contribution in [-0.2, 0) is 16.6 Å². The molecule has 1 aliphatic heterocycles. The zero-order valence-electron chi connectivity index (χ0n) is 27.5. The highest BCUT2D eigenvalue weighted by molar-refractivity contribution is 5.86. The Morgan fingerprint density at radius 1 is 0.596 bits per heavy atom. The topological polar surface area (TPSA) is 55.8 Å². The van der Waals surface area contributed by atoms with E-state index < -0.39 is 85.9 Å². The van der Waals surface area contributed by atoms with Crippen molar-refractivity contribution in [1.82, 2.24) is 4.90 Å². The van der Waals surface area contributed by atoms with E-state index >= 15 is 0 Å². The van der Waals surface area contributed by atoms with E-state index in [2.05, 4.69) is 0 Å². The van der Waals surface area contributed by atoms with Gasteiger partial charge in [-0.2, -0.15) is 17.6 Å². The van der Waals surface area contributed by atoms with Crippen LogP contribution < -0.4 is 9.47 Å². The standard InChI is InChI=1S/C16H9F5O2.C15H9F5O.C6H11NO/c1-2-23-10-4-3-8-9-5-7(6-22)13(17)15(19)12(9)16(20,21)11(8)14(10)18;1-2-21-10-6-4-8-7-3-5-9(16)13(17)11(7)15(19,20)12(8)14(10)18;8-6-7-4-2-1-3-5-7/h3-6H,2H2,1H3;3-6H,2H2,1H3;6H,1-5H2. The van der Waals surface area contributed by atoms with Gasteiger partial charge >= 0.3 is 11.8 Å². The molecule has 15 heteroatoms. The van der Waals surface area contributed by atoms with Crippen LogP contribution in [0.1, 0.15) is 65.7 Å². The minimum atomic E-state index is -4.08. The largest absolute Gasteiger partial charge is 0.491 e. The molecule has 0 bridgehead atoms. The molecule has 4 aromatic rings. The van der Waals surface area contributed by atoms with Crippen molar-refractivity contribution in [2.45, 2.75) is 45.0 Å². The third-order valence-electron chi connectivity index (χ3n) is 8.65. The Balaban J connectivity index is 0.000000167. The first-order chi connectivity index (χ1) is 24.7. The third-order valence-corrected chi connectivity index (χ3v) is 8.65. The molecule has 0 spiro atoms. The van der Waals surface area contributed by atoms with E-state index in [9.17, 15) is 53.5 Å². The van der Waals surface area contributed by atoms with Gasteiger partial charge in [-0.15, -0.1) is 0 Å². The zero-order valence-corrected chi connectivity index (χ0v) is 27.5. The Hall–Kier alpha value is -5.08. The molecule has 3 aliphatic rings. The lowest BCUT2D eigenvalue weighted by atomic mass is 10.0. The number of carbonyl (C=O) groups excluding carboxylic acids is 2. The quantitative estimate of drug-likeness (QED) is 0.146. The Labute approximate surface area is 290 Å². The summed E-state index contributed by atoms with van der Waals surface area (Å²) < 4.78 is 151. The second-order valence-electron chi connectivity index (χ2n) is 11.7. The van der Waals surface area contributed by atoms with Crippen LogP contribution in [0.25, 0.3) is 22.3 Å². The predicted molar refractivity (Wildman–Crippen MR) is 169 cm³/mol. The van der Waals surface area contributed by atoms with Crippen molar-refractivity contribution in [1.29, 1.82) is 0 Å². The van der Waals surface area contributed by atoms with Crippen molar-refractivity contribution in [2.75, 3.05) is 26.3 Å². The Bertz CT molecular complexity index is 2030. The molecule has 52 heavy (non-hydrogen) atoms. The molecule has 4 aromatic carbocycles. The Morgan fingerprint density at radius 2 is 1.04 bits per heavy atom. The van der Waals surface area contributed by atoms with E-state index in [0.29, 0.717) is 0 Å². The molecular formula is C37H29F10NO4. The van der Waals surface area contributed by atoms with Crippen molar-refractivity contribution in [3.05, 3.63) is 105 Å². The maximum Gasteiger partial charge on any atom is 0.305 e. The van der Waals surface area contributed by atoms with Crippen LogP contribution >= 0.6 is 0 Å². The van der Waals surface area contributed by atoms with Gasteiger partial charge in [0.25, 0.3) is 0 Å². The van der Waals surface area contributed by atoms with Gasteiger partial charge < -0.3 is 14.4 Å². The van der Waals surface area contributed by atoms with Gasteiger partial charge in [0.15, 0.2) is 52.7 Å². The Kier molecular flexibility index (Phi) is 10.9. The molecule has 2 aliphatic carbocycles. The van der Waals surface area contributed by atoms with Crippen LogP contribution in [0.2, 0.25) is 0 Å². The minimum Gasteiger partial charge on any atom is -0.491 e. The SMILES string of the molecule is CCOc1ccc2c(c1F)C(F)(F)c1c-2cc(C=O)c(F)c1F.CCOc1ccc2c(c1F)C(F)(F)c1c-2ccc(F)c1F.O=CN1CCCCC1. The summed E-state index contributed by atoms with van der Waals surface area (Å²) >= 11 is 0. The maximum atomic E-state index is 14.5. The van der Waals surface area contributed by atoms with Gasteiger partial charge in [0.1, 0.15) is 0 Å². The summed E-state index contributed by atoms with van der Waals surface area (Å²) in [4.78, 5) is 22.7. The highest BCUT2D eigenvalue weighted by Gasteiger charge is 2.52. The number of aldehydes is 1. The van der Waals surface area contributed by atoms with Gasteiger partial charge in [0, 0.05) is 13.1 Å². The fraction of sp³-hybridized carbons (Fsp3) is 0.297. The number of halogens is 10. The van der Waals surface area contributed by atoms with E-state index in [0.717, 1.165) is 49.8 Å². The number of benzene rings is 4. The lowest BCUT2D eigenvalue weighted by Gasteiger charge is -2.21. The molecule has 1 fully saturated rings. The van der Waals surface area contributed by atoms with E-state index in [1.807, 2.05) is 4.90 Å². The number of nitrogens with zero attached hydrogens (tertiary/aromatic N) is 1. The third kappa shape index (κ3) is 6.45. The number of alkyl halides is 4. The Morgan fingerprint density at radius 3 is 1.48 bits per heavy atom. The van der Waals surface area contributed by atoms with Crippen molar-refractivity contribution < 1.29 is 63.0 Å². The van der Waals surface area contributed by atoms with Crippen molar-refractivity contribution in [2.24, 2.45) is 0 Å². The first kappa shape index (κ1) is 38.2. The summed E-state index contributed by atoms with van der Waals surface area (Å²) in [5.41, 5.74) is -6.26. The molecule has 276 valence electrons. The van der Waals surface area contributed by atoms with Crippen molar-refractivity contribution in [3.8, 4) is 33.8 Å². The zero-order chi connectivity index (χ0) is 38.1. The number of hydrogen-bond donors (Lipinski definition) is 0. The number of hydrogen-bond acceptors (Lipinski definition) is 4. The van der Waals surface area contributed by atoms with E-state index in [-0.39, 0.29) is 41.9 Å². The van der Waals surface area contributed by atoms with Gasteiger partial charge in [0.05, 0.1) is 41.0 Å². The maximum absolute atomic E-state index is 14.5. The van der Waals surface area contributed by atoms with Crippen LogP contribution in [0.3, 0.4) is 0 Å². The molecule has 1 amide bonds. The first-order valence-corrected chi connectivity index (χ1v) is 16.0.